The van der Waals surface area contributed by atoms with Gasteiger partial charge in [0.2, 0.25) is 0 Å². The summed E-state index contributed by atoms with van der Waals surface area (Å²) in [5.74, 6) is -2.17. The van der Waals surface area contributed by atoms with Gasteiger partial charge in [-0.15, -0.1) is 0 Å². The van der Waals surface area contributed by atoms with E-state index in [9.17, 15) is 34.8 Å². The second-order valence-electron chi connectivity index (χ2n) is 14.4. The maximum atomic E-state index is 13.5. The number of carbonyl (C=O) groups is 3. The maximum absolute atomic E-state index is 13.5. The molecule has 9 nitrogen and oxygen atoms in total. The number of hydrogen-bond acceptors (Lipinski definition) is 9. The molecule has 4 N–H and O–H groups in total. The van der Waals surface area contributed by atoms with Gasteiger partial charge in [0.05, 0.1) is 17.3 Å². The van der Waals surface area contributed by atoms with Crippen LogP contribution >= 0.6 is 0 Å². The van der Waals surface area contributed by atoms with Crippen molar-refractivity contribution in [2.45, 2.75) is 135 Å². The van der Waals surface area contributed by atoms with Crippen LogP contribution < -0.4 is 0 Å². The Kier molecular flexibility index (Phi) is 7.92. The summed E-state index contributed by atoms with van der Waals surface area (Å²) in [6, 6.07) is 0. The zero-order valence-corrected chi connectivity index (χ0v) is 25.0. The normalized spacial score (nSPS) is 41.5. The molecule has 0 spiro atoms. The predicted molar refractivity (Wildman–Crippen MR) is 146 cm³/mol. The lowest BCUT2D eigenvalue weighted by molar-refractivity contribution is -0.194. The van der Waals surface area contributed by atoms with Gasteiger partial charge in [0.1, 0.15) is 17.8 Å². The number of hydrogen-bond donors (Lipinski definition) is 4. The quantitative estimate of drug-likeness (QED) is 0.342. The predicted octanol–water partition coefficient (Wildman–Crippen LogP) is 3.00. The first-order valence-electron chi connectivity index (χ1n) is 14.7. The van der Waals surface area contributed by atoms with Crippen LogP contribution in [0.2, 0.25) is 0 Å². The third-order valence-electron chi connectivity index (χ3n) is 11.1. The van der Waals surface area contributed by atoms with Crippen LogP contribution in [0.15, 0.2) is 11.6 Å². The SMILES string of the molecule is CC(=O)OC(CCC(C)(C)O)[C@](C)(O)[C@H]1CC[C@@]2(O)C3=CC(=O)[C@@H]4C[C@@H](O)[C@@H](OC(C)=O)C[C@]4(C)[C@H]3CC[C@]12C. The van der Waals surface area contributed by atoms with Crippen molar-refractivity contribution < 1.29 is 44.3 Å². The highest BCUT2D eigenvalue weighted by molar-refractivity contribution is 5.95. The van der Waals surface area contributed by atoms with Gasteiger partial charge in [-0.05, 0) is 101 Å². The van der Waals surface area contributed by atoms with Crippen LogP contribution in [-0.2, 0) is 23.9 Å². The van der Waals surface area contributed by atoms with Crippen molar-refractivity contribution in [3.05, 3.63) is 11.6 Å². The van der Waals surface area contributed by atoms with Crippen LogP contribution in [0.25, 0.3) is 0 Å². The maximum Gasteiger partial charge on any atom is 0.303 e. The van der Waals surface area contributed by atoms with E-state index in [-0.39, 0.29) is 24.5 Å². The second-order valence-corrected chi connectivity index (χ2v) is 14.4. The van der Waals surface area contributed by atoms with Crippen LogP contribution in [0.1, 0.15) is 99.8 Å². The molecule has 1 unspecified atom stereocenters. The lowest BCUT2D eigenvalue weighted by Gasteiger charge is -2.61. The molecule has 4 aliphatic carbocycles. The molecule has 0 bridgehead atoms. The molecule has 0 aromatic carbocycles. The van der Waals surface area contributed by atoms with Crippen molar-refractivity contribution in [2.75, 3.05) is 0 Å². The molecule has 40 heavy (non-hydrogen) atoms. The minimum atomic E-state index is -1.50. The van der Waals surface area contributed by atoms with Crippen molar-refractivity contribution in [1.82, 2.24) is 0 Å². The molecule has 0 radical (unpaired) electrons. The Morgan fingerprint density at radius 1 is 1.07 bits per heavy atom. The van der Waals surface area contributed by atoms with Gasteiger partial charge < -0.3 is 29.9 Å². The molecule has 4 rings (SSSR count). The Morgan fingerprint density at radius 2 is 1.73 bits per heavy atom. The highest BCUT2D eigenvalue weighted by Crippen LogP contribution is 2.68. The number of fused-ring (bicyclic) bond motifs is 5. The summed E-state index contributed by atoms with van der Waals surface area (Å²) < 4.78 is 11.1. The van der Waals surface area contributed by atoms with E-state index in [0.29, 0.717) is 44.1 Å². The van der Waals surface area contributed by atoms with Gasteiger partial charge >= 0.3 is 11.9 Å². The zero-order valence-electron chi connectivity index (χ0n) is 25.0. The topological polar surface area (TPSA) is 151 Å². The molecule has 0 aromatic rings. The number of ketones is 1. The fourth-order valence-corrected chi connectivity index (χ4v) is 9.00. The molecule has 9 heteroatoms. The molecule has 226 valence electrons. The summed E-state index contributed by atoms with van der Waals surface area (Å²) in [7, 11) is 0. The van der Waals surface area contributed by atoms with Gasteiger partial charge in [-0.25, -0.2) is 0 Å². The summed E-state index contributed by atoms with van der Waals surface area (Å²) in [5, 5.41) is 45.5. The summed E-state index contributed by atoms with van der Waals surface area (Å²) in [6.07, 6.45) is 2.19. The lowest BCUT2D eigenvalue weighted by Crippen LogP contribution is -2.63. The average molecular weight is 565 g/mol. The Bertz CT molecular complexity index is 1070. The van der Waals surface area contributed by atoms with Crippen LogP contribution in [0, 0.1) is 28.6 Å². The molecule has 0 amide bonds. The van der Waals surface area contributed by atoms with Crippen LogP contribution in [0.3, 0.4) is 0 Å². The largest absolute Gasteiger partial charge is 0.460 e. The van der Waals surface area contributed by atoms with Crippen molar-refractivity contribution >= 4 is 17.7 Å². The number of aliphatic hydroxyl groups excluding tert-OH is 1. The standard InChI is InChI=1S/C31H48O9/c1-17(32)39-24-16-28(5)19-8-12-29(6)25(30(7,37)26(40-18(2)33)10-11-27(3,4)36)9-13-31(29,38)20(19)14-22(34)21(28)15-23(24)35/h14,19,21,23-26,35-38H,8-13,15-16H2,1-7H3/t19-,21-,23+,24-,25-,26?,28+,29+,30+,31+/m0/s1. The summed E-state index contributed by atoms with van der Waals surface area (Å²) in [4.78, 5) is 37.3. The van der Waals surface area contributed by atoms with E-state index in [0.717, 1.165) is 0 Å². The van der Waals surface area contributed by atoms with Gasteiger partial charge in [0.15, 0.2) is 5.78 Å². The first-order chi connectivity index (χ1) is 18.3. The van der Waals surface area contributed by atoms with Gasteiger partial charge in [0.25, 0.3) is 0 Å². The number of rotatable bonds is 7. The number of ether oxygens (including phenoxy) is 2. The van der Waals surface area contributed by atoms with E-state index >= 15 is 0 Å². The number of esters is 2. The van der Waals surface area contributed by atoms with Gasteiger partial charge in [-0.1, -0.05) is 13.8 Å². The lowest BCUT2D eigenvalue weighted by atomic mass is 9.45. The molecule has 3 fully saturated rings. The smallest absolute Gasteiger partial charge is 0.303 e. The molecule has 0 aromatic heterocycles. The number of allylic oxidation sites excluding steroid dienone is 1. The first kappa shape index (κ1) is 31.1. The van der Waals surface area contributed by atoms with Gasteiger partial charge in [-0.2, -0.15) is 0 Å². The minimum Gasteiger partial charge on any atom is -0.460 e. The van der Waals surface area contributed by atoms with Gasteiger partial charge in [-0.3, -0.25) is 14.4 Å². The minimum absolute atomic E-state index is 0.134. The number of carbonyl (C=O) groups excluding carboxylic acids is 3. The van der Waals surface area contributed by atoms with E-state index < -0.39 is 69.7 Å². The highest BCUT2D eigenvalue weighted by atomic mass is 16.6. The Hall–Kier alpha value is -1.81. The first-order valence-corrected chi connectivity index (χ1v) is 14.7. The molecule has 4 aliphatic rings. The van der Waals surface area contributed by atoms with Crippen molar-refractivity contribution in [1.29, 1.82) is 0 Å². The van der Waals surface area contributed by atoms with Crippen LogP contribution in [0.5, 0.6) is 0 Å². The molecular weight excluding hydrogens is 516 g/mol. The third kappa shape index (κ3) is 5.05. The summed E-state index contributed by atoms with van der Waals surface area (Å²) in [5.41, 5.74) is -4.61. The molecule has 0 heterocycles. The monoisotopic (exact) mass is 564 g/mol. The van der Waals surface area contributed by atoms with E-state index in [2.05, 4.69) is 0 Å². The van der Waals surface area contributed by atoms with E-state index in [1.165, 1.54) is 13.8 Å². The van der Waals surface area contributed by atoms with Crippen molar-refractivity contribution in [3.8, 4) is 0 Å². The molecule has 0 saturated heterocycles. The van der Waals surface area contributed by atoms with Gasteiger partial charge in [0, 0.05) is 25.2 Å². The van der Waals surface area contributed by atoms with Crippen molar-refractivity contribution in [2.24, 2.45) is 28.6 Å². The van der Waals surface area contributed by atoms with E-state index in [4.69, 9.17) is 9.47 Å². The molecular formula is C31H48O9. The zero-order chi connectivity index (χ0) is 30.1. The van der Waals surface area contributed by atoms with Crippen LogP contribution in [-0.4, -0.2) is 73.3 Å². The molecule has 3 saturated carbocycles. The summed E-state index contributed by atoms with van der Waals surface area (Å²) >= 11 is 0. The summed E-state index contributed by atoms with van der Waals surface area (Å²) in [6.45, 7) is 11.6. The average Bonchev–Trinajstić information content (AvgIpc) is 3.09. The van der Waals surface area contributed by atoms with Crippen molar-refractivity contribution in [3.63, 3.8) is 0 Å². The van der Waals surface area contributed by atoms with Crippen LogP contribution in [0.4, 0.5) is 0 Å². The Balaban J connectivity index is 1.69. The third-order valence-corrected chi connectivity index (χ3v) is 11.1. The molecule has 0 aliphatic heterocycles. The van der Waals surface area contributed by atoms with E-state index in [1.807, 2.05) is 13.8 Å². The Morgan fingerprint density at radius 3 is 2.30 bits per heavy atom. The molecule has 10 atom stereocenters. The highest BCUT2D eigenvalue weighted by Gasteiger charge is 2.69. The fourth-order valence-electron chi connectivity index (χ4n) is 9.00. The fraction of sp³-hybridized carbons (Fsp3) is 0.839. The second kappa shape index (κ2) is 10.2. The Labute approximate surface area is 237 Å². The van der Waals surface area contributed by atoms with E-state index in [1.54, 1.807) is 26.8 Å². The number of aliphatic hydroxyl groups is 4.